The van der Waals surface area contributed by atoms with Crippen LogP contribution in [0.3, 0.4) is 0 Å². The Labute approximate surface area is 114 Å². The Hall–Kier alpha value is -2.70. The number of fused-ring (bicyclic) bond motifs is 1. The Kier molecular flexibility index (Phi) is 2.94. The summed E-state index contributed by atoms with van der Waals surface area (Å²) in [5.41, 5.74) is 0.793. The minimum atomic E-state index is -0.698. The third kappa shape index (κ3) is 2.13. The fourth-order valence-electron chi connectivity index (χ4n) is 2.17. The summed E-state index contributed by atoms with van der Waals surface area (Å²) in [6, 6.07) is 4.77. The van der Waals surface area contributed by atoms with Gasteiger partial charge in [-0.15, -0.1) is 0 Å². The minimum absolute atomic E-state index is 0.213. The number of hydrogen-bond acceptors (Lipinski definition) is 4. The maximum absolute atomic E-state index is 12.2. The summed E-state index contributed by atoms with van der Waals surface area (Å²) in [4.78, 5) is 38.9. The lowest BCUT2D eigenvalue weighted by molar-refractivity contribution is -0.134. The monoisotopic (exact) mass is 272 g/mol. The first kappa shape index (κ1) is 12.3. The summed E-state index contributed by atoms with van der Waals surface area (Å²) in [5.74, 6) is -1.02. The molecule has 1 atom stereocenters. The van der Waals surface area contributed by atoms with E-state index in [0.717, 1.165) is 5.52 Å². The van der Waals surface area contributed by atoms with Gasteiger partial charge in [0.25, 0.3) is 5.91 Å². The molecule has 0 radical (unpaired) electrons. The number of carbonyl (C=O) groups is 3. The number of nitrogens with one attached hydrogen (secondary N) is 2. The van der Waals surface area contributed by atoms with Gasteiger partial charge in [-0.3, -0.25) is 24.1 Å². The van der Waals surface area contributed by atoms with Crippen LogP contribution in [0.5, 0.6) is 0 Å². The fourth-order valence-corrected chi connectivity index (χ4v) is 2.17. The molecule has 3 rings (SSSR count). The molecule has 7 heteroatoms. The van der Waals surface area contributed by atoms with Crippen molar-refractivity contribution in [3.63, 3.8) is 0 Å². The summed E-state index contributed by atoms with van der Waals surface area (Å²) in [6.45, 7) is 0. The number of amides is 3. The second-order valence-corrected chi connectivity index (χ2v) is 4.55. The maximum atomic E-state index is 12.2. The second-order valence-electron chi connectivity index (χ2n) is 4.55. The molecule has 1 aliphatic rings. The van der Waals surface area contributed by atoms with Gasteiger partial charge in [-0.2, -0.15) is 0 Å². The first-order valence-electron chi connectivity index (χ1n) is 6.22. The number of piperidine rings is 1. The third-order valence-electron chi connectivity index (χ3n) is 3.19. The number of nitrogens with zero attached hydrogens (tertiary/aromatic N) is 2. The Bertz CT molecular complexity index is 706. The third-order valence-corrected chi connectivity index (χ3v) is 3.19. The van der Waals surface area contributed by atoms with Gasteiger partial charge < -0.3 is 5.32 Å². The molecule has 1 saturated heterocycles. The van der Waals surface area contributed by atoms with E-state index in [1.54, 1.807) is 22.9 Å². The van der Waals surface area contributed by atoms with Crippen LogP contribution < -0.4 is 10.6 Å². The van der Waals surface area contributed by atoms with E-state index in [9.17, 15) is 14.4 Å². The smallest absolute Gasteiger partial charge is 0.288 e. The lowest BCUT2D eigenvalue weighted by Crippen LogP contribution is -2.52. The van der Waals surface area contributed by atoms with Crippen molar-refractivity contribution in [1.29, 1.82) is 0 Å². The van der Waals surface area contributed by atoms with Crippen LogP contribution in [-0.4, -0.2) is 33.1 Å². The van der Waals surface area contributed by atoms with E-state index >= 15 is 0 Å². The first-order chi connectivity index (χ1) is 9.65. The van der Waals surface area contributed by atoms with Gasteiger partial charge in [-0.1, -0.05) is 6.07 Å². The first-order valence-corrected chi connectivity index (χ1v) is 6.22. The molecule has 0 saturated carbocycles. The largest absolute Gasteiger partial charge is 0.338 e. The van der Waals surface area contributed by atoms with Crippen molar-refractivity contribution in [3.05, 3.63) is 36.4 Å². The summed E-state index contributed by atoms with van der Waals surface area (Å²) in [5, 5.41) is 4.79. The molecule has 3 amide bonds. The average Bonchev–Trinajstić information content (AvgIpc) is 2.86. The average molecular weight is 272 g/mol. The zero-order valence-electron chi connectivity index (χ0n) is 10.5. The van der Waals surface area contributed by atoms with Gasteiger partial charge in [0.1, 0.15) is 6.04 Å². The molecule has 1 fully saturated rings. The van der Waals surface area contributed by atoms with Gasteiger partial charge in [0.15, 0.2) is 0 Å². The maximum Gasteiger partial charge on any atom is 0.288 e. The number of rotatable bonds is 2. The quantitative estimate of drug-likeness (QED) is 0.745. The molecule has 102 valence electrons. The van der Waals surface area contributed by atoms with Crippen molar-refractivity contribution in [2.45, 2.75) is 18.9 Å². The fraction of sp³-hybridized carbons (Fsp3) is 0.231. The normalized spacial score (nSPS) is 18.9. The molecule has 2 aromatic rings. The van der Waals surface area contributed by atoms with E-state index in [4.69, 9.17) is 0 Å². The molecule has 3 heterocycles. The van der Waals surface area contributed by atoms with Crippen LogP contribution in [0, 0.1) is 0 Å². The van der Waals surface area contributed by atoms with E-state index < -0.39 is 17.9 Å². The van der Waals surface area contributed by atoms with Crippen molar-refractivity contribution in [2.24, 2.45) is 0 Å². The standard InChI is InChI=1S/C13H12N4O3/c18-10-5-4-9(12(19)16-10)15-13(20)11-14-7-8-3-1-2-6-17(8)11/h1-3,6-7,9H,4-5H2,(H,15,20)(H,16,18,19)/t9-/m1/s1. The molecule has 0 bridgehead atoms. The van der Waals surface area contributed by atoms with Crippen molar-refractivity contribution in [1.82, 2.24) is 20.0 Å². The van der Waals surface area contributed by atoms with Crippen LogP contribution in [-0.2, 0) is 9.59 Å². The Morgan fingerprint density at radius 3 is 3.05 bits per heavy atom. The number of imidazole rings is 1. The predicted octanol–water partition coefficient (Wildman–Crippen LogP) is -0.131. The molecule has 20 heavy (non-hydrogen) atoms. The highest BCUT2D eigenvalue weighted by molar-refractivity contribution is 6.03. The molecule has 0 aromatic carbocycles. The number of aromatic nitrogens is 2. The van der Waals surface area contributed by atoms with Crippen LogP contribution in [0.25, 0.3) is 5.52 Å². The predicted molar refractivity (Wildman–Crippen MR) is 68.8 cm³/mol. The summed E-state index contributed by atoms with van der Waals surface area (Å²) < 4.78 is 1.64. The molecule has 2 aromatic heterocycles. The number of carbonyl (C=O) groups excluding carboxylic acids is 3. The summed E-state index contributed by atoms with van der Waals surface area (Å²) in [6.07, 6.45) is 3.83. The molecular weight excluding hydrogens is 260 g/mol. The van der Waals surface area contributed by atoms with Gasteiger partial charge in [0.2, 0.25) is 17.6 Å². The zero-order valence-corrected chi connectivity index (χ0v) is 10.5. The molecule has 7 nitrogen and oxygen atoms in total. The van der Waals surface area contributed by atoms with Crippen molar-refractivity contribution in [2.75, 3.05) is 0 Å². The SMILES string of the molecule is O=C1CC[C@@H](NC(=O)c2ncc3ccccn23)C(=O)N1. The topological polar surface area (TPSA) is 92.6 Å². The molecule has 0 aliphatic carbocycles. The molecule has 0 unspecified atom stereocenters. The second kappa shape index (κ2) is 4.76. The highest BCUT2D eigenvalue weighted by Crippen LogP contribution is 2.08. The van der Waals surface area contributed by atoms with Crippen LogP contribution in [0.4, 0.5) is 0 Å². The highest BCUT2D eigenvalue weighted by Gasteiger charge is 2.28. The zero-order chi connectivity index (χ0) is 14.1. The minimum Gasteiger partial charge on any atom is -0.338 e. The van der Waals surface area contributed by atoms with Crippen molar-refractivity contribution in [3.8, 4) is 0 Å². The van der Waals surface area contributed by atoms with Gasteiger partial charge in [-0.25, -0.2) is 4.98 Å². The molecule has 0 spiro atoms. The lowest BCUT2D eigenvalue weighted by atomic mass is 10.1. The van der Waals surface area contributed by atoms with E-state index in [1.807, 2.05) is 12.1 Å². The van der Waals surface area contributed by atoms with Crippen LogP contribution in [0.1, 0.15) is 23.5 Å². The Morgan fingerprint density at radius 1 is 1.40 bits per heavy atom. The number of hydrogen-bond donors (Lipinski definition) is 2. The number of pyridine rings is 1. The van der Waals surface area contributed by atoms with Gasteiger partial charge in [-0.05, 0) is 18.6 Å². The van der Waals surface area contributed by atoms with E-state index in [2.05, 4.69) is 15.6 Å². The van der Waals surface area contributed by atoms with E-state index in [0.29, 0.717) is 6.42 Å². The van der Waals surface area contributed by atoms with Gasteiger partial charge in [0, 0.05) is 12.6 Å². The van der Waals surface area contributed by atoms with Crippen molar-refractivity contribution >= 4 is 23.2 Å². The lowest BCUT2D eigenvalue weighted by Gasteiger charge is -2.21. The summed E-state index contributed by atoms with van der Waals surface area (Å²) in [7, 11) is 0. The van der Waals surface area contributed by atoms with Crippen LogP contribution in [0.2, 0.25) is 0 Å². The molecule has 2 N–H and O–H groups in total. The summed E-state index contributed by atoms with van der Waals surface area (Å²) >= 11 is 0. The van der Waals surface area contributed by atoms with Gasteiger partial charge in [0.05, 0.1) is 11.7 Å². The molecular formula is C13H12N4O3. The van der Waals surface area contributed by atoms with Crippen molar-refractivity contribution < 1.29 is 14.4 Å². The van der Waals surface area contributed by atoms with Crippen LogP contribution in [0.15, 0.2) is 30.6 Å². The van der Waals surface area contributed by atoms with E-state index in [1.165, 1.54) is 0 Å². The highest BCUT2D eigenvalue weighted by atomic mass is 16.2. The number of imide groups is 1. The van der Waals surface area contributed by atoms with Crippen LogP contribution >= 0.6 is 0 Å². The van der Waals surface area contributed by atoms with E-state index in [-0.39, 0.29) is 18.2 Å². The Morgan fingerprint density at radius 2 is 2.25 bits per heavy atom. The van der Waals surface area contributed by atoms with Gasteiger partial charge >= 0.3 is 0 Å². The molecule has 1 aliphatic heterocycles. The Balaban J connectivity index is 1.80.